The number of anilines is 2. The normalized spacial score (nSPS) is 23.2. The van der Waals surface area contributed by atoms with Crippen LogP contribution in [0.25, 0.3) is 0 Å². The van der Waals surface area contributed by atoms with E-state index in [9.17, 15) is 9.59 Å². The van der Waals surface area contributed by atoms with Crippen LogP contribution in [0.4, 0.5) is 11.6 Å². The van der Waals surface area contributed by atoms with Crippen molar-refractivity contribution in [2.75, 3.05) is 10.6 Å². The maximum atomic E-state index is 12.9. The van der Waals surface area contributed by atoms with Crippen LogP contribution in [-0.2, 0) is 22.7 Å². The number of carbonyl (C=O) groups is 2. The summed E-state index contributed by atoms with van der Waals surface area (Å²) in [6.07, 6.45) is 11.6. The molecule has 2 aromatic heterocycles. The first-order valence-corrected chi connectivity index (χ1v) is 12.1. The minimum absolute atomic E-state index is 0.0511. The lowest BCUT2D eigenvalue weighted by atomic mass is 9.81. The molecule has 0 unspecified atom stereocenters. The molecule has 2 heterocycles. The Morgan fingerprint density at radius 2 is 1.12 bits per heavy atom. The third-order valence-electron chi connectivity index (χ3n) is 7.25. The molecule has 2 aromatic rings. The van der Waals surface area contributed by atoms with E-state index in [2.05, 4.69) is 20.8 Å². The largest absolute Gasteiger partial charge is 0.310 e. The molecular weight excluding hydrogens is 404 g/mol. The number of hydrogen-bond acceptors (Lipinski definition) is 4. The maximum Gasteiger partial charge on any atom is 0.228 e. The predicted molar refractivity (Wildman–Crippen MR) is 122 cm³/mol. The summed E-state index contributed by atoms with van der Waals surface area (Å²) >= 11 is 0. The Morgan fingerprint density at radius 3 is 1.47 bits per heavy atom. The number of hydrogen-bond donors (Lipinski definition) is 2. The van der Waals surface area contributed by atoms with Gasteiger partial charge in [-0.15, -0.1) is 0 Å². The summed E-state index contributed by atoms with van der Waals surface area (Å²) in [6, 6.07) is 0. The fraction of sp³-hybridized carbons (Fsp3) is 0.667. The summed E-state index contributed by atoms with van der Waals surface area (Å²) in [4.78, 5) is 25.9. The van der Waals surface area contributed by atoms with Gasteiger partial charge >= 0.3 is 0 Å². The highest BCUT2D eigenvalue weighted by Crippen LogP contribution is 2.34. The standard InChI is InChI=1S/C24H34N6O2/c1-15-11-25-29(13-17-3-4-17)21(15)27-23(31)19-7-9-20(10-8-19)24(32)28-22-16(2)12-26-30(22)14-18-5-6-18/h11-12,17-20H,3-10,13-14H2,1-2H3,(H,27,31)(H,28,32). The number of nitrogens with zero attached hydrogens (tertiary/aromatic N) is 4. The Morgan fingerprint density at radius 1 is 0.750 bits per heavy atom. The molecule has 3 aliphatic carbocycles. The Labute approximate surface area is 189 Å². The van der Waals surface area contributed by atoms with Crippen LogP contribution in [-0.4, -0.2) is 31.4 Å². The molecule has 0 aromatic carbocycles. The van der Waals surface area contributed by atoms with E-state index in [0.717, 1.165) is 61.5 Å². The molecule has 0 spiro atoms. The van der Waals surface area contributed by atoms with E-state index in [1.54, 1.807) is 0 Å². The molecule has 0 aliphatic heterocycles. The number of aromatic nitrogens is 4. The van der Waals surface area contributed by atoms with Gasteiger partial charge in [-0.05, 0) is 77.0 Å². The molecule has 32 heavy (non-hydrogen) atoms. The molecule has 5 rings (SSSR count). The van der Waals surface area contributed by atoms with Gasteiger partial charge in [-0.3, -0.25) is 9.59 Å². The number of rotatable bonds is 8. The number of carbonyl (C=O) groups excluding carboxylic acids is 2. The average Bonchev–Trinajstić information content (AvgIpc) is 3.71. The number of nitrogens with one attached hydrogen (secondary N) is 2. The molecule has 2 N–H and O–H groups in total. The zero-order valence-corrected chi connectivity index (χ0v) is 19.1. The highest BCUT2D eigenvalue weighted by molar-refractivity contribution is 5.94. The molecule has 2 amide bonds. The second-order valence-electron chi connectivity index (χ2n) is 10.1. The second kappa shape index (κ2) is 8.71. The minimum atomic E-state index is -0.0511. The second-order valence-corrected chi connectivity index (χ2v) is 10.1. The van der Waals surface area contributed by atoms with Crippen LogP contribution in [0.3, 0.4) is 0 Å². The van der Waals surface area contributed by atoms with Crippen molar-refractivity contribution in [3.63, 3.8) is 0 Å². The lowest BCUT2D eigenvalue weighted by molar-refractivity contribution is -0.125. The van der Waals surface area contributed by atoms with Crippen LogP contribution in [0, 0.1) is 37.5 Å². The fourth-order valence-corrected chi connectivity index (χ4v) is 4.71. The minimum Gasteiger partial charge on any atom is -0.310 e. The van der Waals surface area contributed by atoms with Crippen LogP contribution >= 0.6 is 0 Å². The Bertz CT molecular complexity index is 912. The molecule has 3 saturated carbocycles. The van der Waals surface area contributed by atoms with Crippen molar-refractivity contribution in [1.82, 2.24) is 19.6 Å². The van der Waals surface area contributed by atoms with Crippen molar-refractivity contribution in [3.05, 3.63) is 23.5 Å². The summed E-state index contributed by atoms with van der Waals surface area (Å²) in [6.45, 7) is 5.74. The summed E-state index contributed by atoms with van der Waals surface area (Å²) < 4.78 is 3.88. The Balaban J connectivity index is 1.14. The molecule has 0 saturated heterocycles. The smallest absolute Gasteiger partial charge is 0.228 e. The highest BCUT2D eigenvalue weighted by Gasteiger charge is 2.32. The van der Waals surface area contributed by atoms with Crippen molar-refractivity contribution < 1.29 is 9.59 Å². The van der Waals surface area contributed by atoms with Gasteiger partial charge in [-0.25, -0.2) is 9.36 Å². The van der Waals surface area contributed by atoms with Crippen molar-refractivity contribution in [1.29, 1.82) is 0 Å². The van der Waals surface area contributed by atoms with Crippen LogP contribution in [0.5, 0.6) is 0 Å². The highest BCUT2D eigenvalue weighted by atomic mass is 16.2. The zero-order valence-electron chi connectivity index (χ0n) is 19.1. The molecular formula is C24H34N6O2. The maximum absolute atomic E-state index is 12.9. The number of aryl methyl sites for hydroxylation is 2. The van der Waals surface area contributed by atoms with Gasteiger partial charge in [-0.2, -0.15) is 10.2 Å². The fourth-order valence-electron chi connectivity index (χ4n) is 4.71. The van der Waals surface area contributed by atoms with Crippen molar-refractivity contribution in [2.24, 2.45) is 23.7 Å². The Hall–Kier alpha value is -2.64. The molecule has 8 heteroatoms. The lowest BCUT2D eigenvalue weighted by Gasteiger charge is -2.27. The van der Waals surface area contributed by atoms with E-state index < -0.39 is 0 Å². The van der Waals surface area contributed by atoms with Gasteiger partial charge in [0.05, 0.1) is 12.4 Å². The summed E-state index contributed by atoms with van der Waals surface area (Å²) in [5.74, 6) is 3.08. The SMILES string of the molecule is Cc1cnn(CC2CC2)c1NC(=O)C1CCC(C(=O)Nc2c(C)cnn2CC2CC2)CC1. The van der Waals surface area contributed by atoms with Crippen LogP contribution in [0.2, 0.25) is 0 Å². The van der Waals surface area contributed by atoms with E-state index in [1.165, 1.54) is 25.7 Å². The molecule has 3 aliphatic rings. The molecule has 0 atom stereocenters. The third-order valence-corrected chi connectivity index (χ3v) is 7.25. The molecule has 3 fully saturated rings. The van der Waals surface area contributed by atoms with Crippen LogP contribution < -0.4 is 10.6 Å². The van der Waals surface area contributed by atoms with E-state index in [1.807, 2.05) is 35.6 Å². The zero-order chi connectivity index (χ0) is 22.2. The van der Waals surface area contributed by atoms with Crippen molar-refractivity contribution in [3.8, 4) is 0 Å². The summed E-state index contributed by atoms with van der Waals surface area (Å²) in [7, 11) is 0. The van der Waals surface area contributed by atoms with Gasteiger partial charge < -0.3 is 10.6 Å². The van der Waals surface area contributed by atoms with Crippen molar-refractivity contribution in [2.45, 2.75) is 78.3 Å². The van der Waals surface area contributed by atoms with Gasteiger partial charge in [0.1, 0.15) is 11.6 Å². The molecule has 0 bridgehead atoms. The summed E-state index contributed by atoms with van der Waals surface area (Å²) in [5, 5.41) is 15.1. The van der Waals surface area contributed by atoms with Gasteiger partial charge in [0, 0.05) is 36.1 Å². The predicted octanol–water partition coefficient (Wildman–Crippen LogP) is 3.90. The topological polar surface area (TPSA) is 93.8 Å². The van der Waals surface area contributed by atoms with Gasteiger partial charge in [0.15, 0.2) is 0 Å². The molecule has 172 valence electrons. The van der Waals surface area contributed by atoms with E-state index in [-0.39, 0.29) is 23.7 Å². The molecule has 8 nitrogen and oxygen atoms in total. The van der Waals surface area contributed by atoms with Crippen LogP contribution in [0.15, 0.2) is 12.4 Å². The summed E-state index contributed by atoms with van der Waals surface area (Å²) in [5.41, 5.74) is 2.01. The number of amides is 2. The first-order valence-electron chi connectivity index (χ1n) is 12.1. The third kappa shape index (κ3) is 4.74. The van der Waals surface area contributed by atoms with E-state index in [0.29, 0.717) is 11.8 Å². The van der Waals surface area contributed by atoms with Gasteiger partial charge in [0.2, 0.25) is 11.8 Å². The van der Waals surface area contributed by atoms with E-state index in [4.69, 9.17) is 0 Å². The first kappa shape index (κ1) is 21.2. The van der Waals surface area contributed by atoms with Crippen LogP contribution in [0.1, 0.15) is 62.5 Å². The lowest BCUT2D eigenvalue weighted by Crippen LogP contribution is -2.33. The van der Waals surface area contributed by atoms with Crippen molar-refractivity contribution >= 4 is 23.5 Å². The van der Waals surface area contributed by atoms with Gasteiger partial charge in [-0.1, -0.05) is 0 Å². The Kier molecular flexibility index (Phi) is 5.78. The molecule has 0 radical (unpaired) electrons. The quantitative estimate of drug-likeness (QED) is 0.654. The first-order chi connectivity index (χ1) is 15.5. The van der Waals surface area contributed by atoms with Gasteiger partial charge in [0.25, 0.3) is 0 Å². The average molecular weight is 439 g/mol. The monoisotopic (exact) mass is 438 g/mol. The van der Waals surface area contributed by atoms with E-state index >= 15 is 0 Å².